The van der Waals surface area contributed by atoms with Crippen LogP contribution in [0.2, 0.25) is 0 Å². The highest BCUT2D eigenvalue weighted by molar-refractivity contribution is 6.12. The van der Waals surface area contributed by atoms with E-state index >= 15 is 0 Å². The lowest BCUT2D eigenvalue weighted by molar-refractivity contribution is -0.139. The molecule has 33 heavy (non-hydrogen) atoms. The number of imidazole rings is 1. The van der Waals surface area contributed by atoms with E-state index in [1.165, 1.54) is 6.26 Å². The van der Waals surface area contributed by atoms with E-state index in [2.05, 4.69) is 10.6 Å². The van der Waals surface area contributed by atoms with Gasteiger partial charge in [0.25, 0.3) is 0 Å². The van der Waals surface area contributed by atoms with Crippen LogP contribution in [0.15, 0.2) is 71.6 Å². The van der Waals surface area contributed by atoms with Crippen LogP contribution in [0.1, 0.15) is 11.3 Å². The first kappa shape index (κ1) is 20.5. The summed E-state index contributed by atoms with van der Waals surface area (Å²) in [6, 6.07) is 14.0. The van der Waals surface area contributed by atoms with Gasteiger partial charge < -0.3 is 19.5 Å². The molecule has 1 atom stereocenters. The van der Waals surface area contributed by atoms with Crippen molar-refractivity contribution in [2.24, 2.45) is 5.92 Å². The van der Waals surface area contributed by atoms with E-state index in [0.29, 0.717) is 11.4 Å². The number of fused-ring (bicyclic) bond motifs is 1. The van der Waals surface area contributed by atoms with E-state index < -0.39 is 23.8 Å². The molecule has 4 aromatic rings. The molecule has 0 aliphatic carbocycles. The second-order valence-electron chi connectivity index (χ2n) is 7.86. The van der Waals surface area contributed by atoms with Crippen LogP contribution in [0.25, 0.3) is 16.9 Å². The number of rotatable bonds is 5. The van der Waals surface area contributed by atoms with Gasteiger partial charge in [0.1, 0.15) is 17.3 Å². The number of carbonyl (C=O) groups is 3. The van der Waals surface area contributed by atoms with E-state index in [4.69, 9.17) is 9.40 Å². The SMILES string of the molecule is Cc1cccn2cc(-c3cccc(NC(=O)C4CNC(=O)N(Cc5ccco5)C4=O)c3)nc12. The lowest BCUT2D eigenvalue weighted by Crippen LogP contribution is -2.57. The Balaban J connectivity index is 1.33. The molecule has 0 bridgehead atoms. The fourth-order valence-electron chi connectivity index (χ4n) is 3.85. The summed E-state index contributed by atoms with van der Waals surface area (Å²) in [5.41, 5.74) is 4.06. The number of imide groups is 1. The normalized spacial score (nSPS) is 16.2. The number of pyridine rings is 1. The number of aromatic nitrogens is 2. The summed E-state index contributed by atoms with van der Waals surface area (Å²) >= 11 is 0. The third-order valence-electron chi connectivity index (χ3n) is 5.58. The Hall–Kier alpha value is -4.40. The fourth-order valence-corrected chi connectivity index (χ4v) is 3.85. The molecule has 2 N–H and O–H groups in total. The first-order chi connectivity index (χ1) is 16.0. The first-order valence-corrected chi connectivity index (χ1v) is 10.5. The molecule has 3 aromatic heterocycles. The number of hydrogen-bond acceptors (Lipinski definition) is 5. The Labute approximate surface area is 189 Å². The fraction of sp³-hybridized carbons (Fsp3) is 0.167. The van der Waals surface area contributed by atoms with E-state index in [9.17, 15) is 14.4 Å². The van der Waals surface area contributed by atoms with E-state index in [1.807, 2.05) is 54.0 Å². The molecule has 0 radical (unpaired) electrons. The minimum Gasteiger partial charge on any atom is -0.467 e. The third-order valence-corrected chi connectivity index (χ3v) is 5.58. The zero-order valence-corrected chi connectivity index (χ0v) is 17.8. The molecule has 0 saturated carbocycles. The zero-order chi connectivity index (χ0) is 22.9. The number of nitrogens with one attached hydrogen (secondary N) is 2. The highest BCUT2D eigenvalue weighted by Crippen LogP contribution is 2.24. The van der Waals surface area contributed by atoms with E-state index in [1.54, 1.807) is 18.2 Å². The quantitative estimate of drug-likeness (QED) is 0.461. The molecule has 1 unspecified atom stereocenters. The summed E-state index contributed by atoms with van der Waals surface area (Å²) < 4.78 is 7.18. The van der Waals surface area contributed by atoms with Crippen molar-refractivity contribution < 1.29 is 18.8 Å². The number of nitrogens with zero attached hydrogens (tertiary/aromatic N) is 3. The Morgan fingerprint density at radius 1 is 1.21 bits per heavy atom. The van der Waals surface area contributed by atoms with Crippen LogP contribution in [0.4, 0.5) is 10.5 Å². The second-order valence-corrected chi connectivity index (χ2v) is 7.86. The molecule has 1 saturated heterocycles. The number of hydrogen-bond donors (Lipinski definition) is 2. The summed E-state index contributed by atoms with van der Waals surface area (Å²) in [5.74, 6) is -1.65. The number of anilines is 1. The summed E-state index contributed by atoms with van der Waals surface area (Å²) in [6.45, 7) is 1.89. The molecular weight excluding hydrogens is 422 g/mol. The number of amides is 4. The third kappa shape index (κ3) is 3.96. The molecule has 166 valence electrons. The zero-order valence-electron chi connectivity index (χ0n) is 17.8. The van der Waals surface area contributed by atoms with Gasteiger partial charge >= 0.3 is 6.03 Å². The van der Waals surface area contributed by atoms with E-state index in [-0.39, 0.29) is 13.1 Å². The first-order valence-electron chi connectivity index (χ1n) is 10.5. The predicted molar refractivity (Wildman–Crippen MR) is 120 cm³/mol. The minimum atomic E-state index is -1.04. The van der Waals surface area contributed by atoms with Crippen molar-refractivity contribution in [2.45, 2.75) is 13.5 Å². The van der Waals surface area contributed by atoms with Crippen molar-refractivity contribution in [1.29, 1.82) is 0 Å². The van der Waals surface area contributed by atoms with Crippen molar-refractivity contribution >= 4 is 29.2 Å². The molecule has 1 aliphatic rings. The van der Waals surface area contributed by atoms with Gasteiger partial charge in [0.05, 0.1) is 18.5 Å². The molecule has 1 aliphatic heterocycles. The second kappa shape index (κ2) is 8.27. The number of urea groups is 1. The largest absolute Gasteiger partial charge is 0.467 e. The molecule has 9 nitrogen and oxygen atoms in total. The lowest BCUT2D eigenvalue weighted by Gasteiger charge is -2.30. The van der Waals surface area contributed by atoms with Crippen molar-refractivity contribution in [1.82, 2.24) is 19.6 Å². The van der Waals surface area contributed by atoms with Gasteiger partial charge in [-0.25, -0.2) is 9.78 Å². The minimum absolute atomic E-state index is 0.0375. The molecule has 1 fully saturated rings. The Morgan fingerprint density at radius 3 is 2.88 bits per heavy atom. The van der Waals surface area contributed by atoms with Gasteiger partial charge in [0.15, 0.2) is 0 Å². The maximum absolute atomic E-state index is 12.9. The van der Waals surface area contributed by atoms with Gasteiger partial charge in [-0.2, -0.15) is 0 Å². The van der Waals surface area contributed by atoms with Crippen LogP contribution >= 0.6 is 0 Å². The molecule has 1 aromatic carbocycles. The number of furan rings is 1. The van der Waals surface area contributed by atoms with Gasteiger partial charge in [-0.15, -0.1) is 0 Å². The van der Waals surface area contributed by atoms with Crippen LogP contribution in [-0.2, 0) is 16.1 Å². The monoisotopic (exact) mass is 443 g/mol. The van der Waals surface area contributed by atoms with Crippen LogP contribution in [0, 0.1) is 12.8 Å². The standard InChI is InChI=1S/C24H21N5O4/c1-15-5-3-9-28-14-20(27-21(15)28)16-6-2-7-17(11-16)26-22(30)19-12-25-24(32)29(23(19)31)13-18-8-4-10-33-18/h2-11,14,19H,12-13H2,1H3,(H,25,32)(H,26,30). The van der Waals surface area contributed by atoms with Gasteiger partial charge in [-0.1, -0.05) is 18.2 Å². The van der Waals surface area contributed by atoms with Crippen molar-refractivity contribution in [2.75, 3.05) is 11.9 Å². The number of carbonyl (C=O) groups excluding carboxylic acids is 3. The Kier molecular flexibility index (Phi) is 5.14. The average molecular weight is 443 g/mol. The Morgan fingerprint density at radius 2 is 2.09 bits per heavy atom. The smallest absolute Gasteiger partial charge is 0.324 e. The van der Waals surface area contributed by atoms with Crippen molar-refractivity contribution in [3.63, 3.8) is 0 Å². The molecular formula is C24H21N5O4. The summed E-state index contributed by atoms with van der Waals surface area (Å²) in [7, 11) is 0. The summed E-state index contributed by atoms with van der Waals surface area (Å²) in [5, 5.41) is 5.40. The van der Waals surface area contributed by atoms with Gasteiger partial charge in [0, 0.05) is 30.2 Å². The van der Waals surface area contributed by atoms with Crippen molar-refractivity contribution in [3.05, 3.63) is 78.5 Å². The maximum Gasteiger partial charge on any atom is 0.324 e. The molecule has 5 rings (SSSR count). The maximum atomic E-state index is 12.9. The van der Waals surface area contributed by atoms with Crippen LogP contribution < -0.4 is 10.6 Å². The summed E-state index contributed by atoms with van der Waals surface area (Å²) in [4.78, 5) is 43.6. The van der Waals surface area contributed by atoms with Gasteiger partial charge in [0.2, 0.25) is 11.8 Å². The average Bonchev–Trinajstić information content (AvgIpc) is 3.47. The van der Waals surface area contributed by atoms with Gasteiger partial charge in [-0.3, -0.25) is 14.5 Å². The highest BCUT2D eigenvalue weighted by Gasteiger charge is 2.39. The van der Waals surface area contributed by atoms with Crippen LogP contribution in [0.5, 0.6) is 0 Å². The molecule has 0 spiro atoms. The summed E-state index contributed by atoms with van der Waals surface area (Å²) in [6.07, 6.45) is 5.32. The Bertz CT molecular complexity index is 1360. The highest BCUT2D eigenvalue weighted by atomic mass is 16.3. The topological polar surface area (TPSA) is 109 Å². The van der Waals surface area contributed by atoms with Gasteiger partial charge in [-0.05, 0) is 42.8 Å². The molecule has 4 amide bonds. The predicted octanol–water partition coefficient (Wildman–Crippen LogP) is 3.21. The molecule has 4 heterocycles. The number of aryl methyl sites for hydroxylation is 1. The lowest BCUT2D eigenvalue weighted by atomic mass is 10.0. The number of benzene rings is 1. The van der Waals surface area contributed by atoms with Crippen molar-refractivity contribution in [3.8, 4) is 11.3 Å². The van der Waals surface area contributed by atoms with Crippen LogP contribution in [0.3, 0.4) is 0 Å². The molecule has 9 heteroatoms. The van der Waals surface area contributed by atoms with Crippen LogP contribution in [-0.4, -0.2) is 38.7 Å². The van der Waals surface area contributed by atoms with E-state index in [0.717, 1.165) is 27.4 Å².